The van der Waals surface area contributed by atoms with Crippen LogP contribution in [0.25, 0.3) is 0 Å². The van der Waals surface area contributed by atoms with Crippen LogP contribution in [0.2, 0.25) is 0 Å². The summed E-state index contributed by atoms with van der Waals surface area (Å²) in [5, 5.41) is 24.3. The number of nitrogens with zero attached hydrogens (tertiary/aromatic N) is 1. The molecule has 0 aromatic heterocycles. The van der Waals surface area contributed by atoms with Crippen molar-refractivity contribution in [1.82, 2.24) is 5.32 Å². The fourth-order valence-corrected chi connectivity index (χ4v) is 4.03. The molecule has 3 N–H and O–H groups in total. The zero-order valence-electron chi connectivity index (χ0n) is 19.3. The second kappa shape index (κ2) is 8.51. The molecule has 0 fully saturated rings. The lowest BCUT2D eigenvalue weighted by atomic mass is 9.70. The number of quaternary nitrogens is 1. The van der Waals surface area contributed by atoms with Crippen molar-refractivity contribution >= 4 is 17.3 Å². The molecule has 2 aliphatic rings. The molecule has 3 rings (SSSR count). The Hall–Kier alpha value is -2.40. The first-order chi connectivity index (χ1) is 14.2. The van der Waals surface area contributed by atoms with Crippen molar-refractivity contribution in [1.29, 1.82) is 0 Å². The van der Waals surface area contributed by atoms with E-state index in [2.05, 4.69) is 5.32 Å². The normalized spacial score (nSPS) is 21.2. The fraction of sp³-hybridized carbons (Fsp3) is 0.435. The SMILES string of the molecule is CC(=O)c1c(O)c(C)c(O)c2c1OC1=CC(=O)/C(=C(/C)NCC[N+](C)(C)C)C(=O)[C@@]12C.[I-]. The van der Waals surface area contributed by atoms with Crippen LogP contribution in [0.15, 0.2) is 23.1 Å². The summed E-state index contributed by atoms with van der Waals surface area (Å²) in [6, 6.07) is 0. The number of fused-ring (bicyclic) bond motifs is 3. The highest BCUT2D eigenvalue weighted by Gasteiger charge is 2.56. The zero-order valence-corrected chi connectivity index (χ0v) is 21.5. The molecule has 0 spiro atoms. The Morgan fingerprint density at radius 3 is 2.28 bits per heavy atom. The zero-order chi connectivity index (χ0) is 23.5. The van der Waals surface area contributed by atoms with Crippen LogP contribution in [0.4, 0.5) is 0 Å². The van der Waals surface area contributed by atoms with Gasteiger partial charge in [0, 0.05) is 17.3 Å². The molecule has 0 saturated heterocycles. The minimum Gasteiger partial charge on any atom is -1.00 e. The van der Waals surface area contributed by atoms with Crippen molar-refractivity contribution in [3.8, 4) is 17.2 Å². The number of allylic oxidation sites excluding steroid dienone is 4. The summed E-state index contributed by atoms with van der Waals surface area (Å²) in [5.74, 6) is -2.31. The van der Waals surface area contributed by atoms with Gasteiger partial charge in [-0.25, -0.2) is 0 Å². The van der Waals surface area contributed by atoms with Gasteiger partial charge in [0.05, 0.1) is 45.4 Å². The van der Waals surface area contributed by atoms with Gasteiger partial charge in [0.2, 0.25) is 0 Å². The smallest absolute Gasteiger partial charge is 0.194 e. The predicted molar refractivity (Wildman–Crippen MR) is 114 cm³/mol. The van der Waals surface area contributed by atoms with Gasteiger partial charge >= 0.3 is 0 Å². The molecule has 174 valence electrons. The number of halogens is 1. The van der Waals surface area contributed by atoms with E-state index in [0.29, 0.717) is 16.7 Å². The number of aromatic hydroxyl groups is 2. The maximum absolute atomic E-state index is 13.6. The highest BCUT2D eigenvalue weighted by Crippen LogP contribution is 2.57. The molecule has 1 heterocycles. The second-order valence-electron chi connectivity index (χ2n) is 9.33. The highest BCUT2D eigenvalue weighted by molar-refractivity contribution is 6.31. The molecule has 9 heteroatoms. The lowest BCUT2D eigenvalue weighted by Gasteiger charge is -2.29. The van der Waals surface area contributed by atoms with Crippen LogP contribution < -0.4 is 34.0 Å². The van der Waals surface area contributed by atoms with Crippen molar-refractivity contribution in [2.75, 3.05) is 34.2 Å². The first-order valence-electron chi connectivity index (χ1n) is 10.1. The van der Waals surface area contributed by atoms with Crippen molar-refractivity contribution in [3.63, 3.8) is 0 Å². The third-order valence-corrected chi connectivity index (χ3v) is 5.93. The van der Waals surface area contributed by atoms with E-state index < -0.39 is 28.5 Å². The molecule has 1 aromatic carbocycles. The number of ether oxygens (including phenoxy) is 1. The molecule has 1 aliphatic heterocycles. The number of benzene rings is 1. The summed E-state index contributed by atoms with van der Waals surface area (Å²) in [6.45, 7) is 7.27. The maximum atomic E-state index is 13.6. The number of phenols is 2. The standard InChI is InChI=1S/C23H28N2O6.HI/c1-11-19(28)17(13(3)26)21-18(20(11)29)23(4)15(31-21)10-14(27)16(22(23)30)12(2)24-8-9-25(5,6)7;/h10H,8-9H2,1-7H3,(H2-,24,26,27,28,29,30);1H/t23-;/m0./s1. The number of Topliss-reactive ketones (excluding diaryl/α,β-unsaturated/α-hetero) is 2. The first kappa shape index (κ1) is 25.9. The minimum absolute atomic E-state index is 0. The Kier molecular flexibility index (Phi) is 6.88. The quantitative estimate of drug-likeness (QED) is 0.138. The average Bonchev–Trinajstić information content (AvgIpc) is 2.92. The lowest BCUT2D eigenvalue weighted by Crippen LogP contribution is -3.00. The largest absolute Gasteiger partial charge is 1.00 e. The molecular formula is C23H29IN2O6. The van der Waals surface area contributed by atoms with Gasteiger partial charge in [-0.15, -0.1) is 0 Å². The summed E-state index contributed by atoms with van der Waals surface area (Å²) < 4.78 is 6.46. The maximum Gasteiger partial charge on any atom is 0.194 e. The second-order valence-corrected chi connectivity index (χ2v) is 9.33. The molecule has 0 bridgehead atoms. The van der Waals surface area contributed by atoms with Gasteiger partial charge in [-0.1, -0.05) is 0 Å². The van der Waals surface area contributed by atoms with Crippen LogP contribution in [0.1, 0.15) is 42.3 Å². The molecule has 0 saturated carbocycles. The van der Waals surface area contributed by atoms with Gasteiger partial charge in [0.15, 0.2) is 17.3 Å². The van der Waals surface area contributed by atoms with Crippen molar-refractivity contribution in [2.24, 2.45) is 0 Å². The number of hydrogen-bond donors (Lipinski definition) is 3. The molecule has 0 radical (unpaired) electrons. The van der Waals surface area contributed by atoms with Gasteiger partial charge in [0.25, 0.3) is 0 Å². The summed E-state index contributed by atoms with van der Waals surface area (Å²) in [7, 11) is 6.12. The average molecular weight is 556 g/mol. The van der Waals surface area contributed by atoms with Crippen LogP contribution >= 0.6 is 0 Å². The molecule has 32 heavy (non-hydrogen) atoms. The van der Waals surface area contributed by atoms with E-state index in [1.165, 1.54) is 19.9 Å². The third-order valence-electron chi connectivity index (χ3n) is 5.93. The fourth-order valence-electron chi connectivity index (χ4n) is 4.03. The number of carbonyl (C=O) groups is 3. The van der Waals surface area contributed by atoms with Crippen LogP contribution in [0, 0.1) is 6.92 Å². The number of phenolic OH excluding ortho intramolecular Hbond substituents is 2. The van der Waals surface area contributed by atoms with E-state index in [9.17, 15) is 24.6 Å². The highest BCUT2D eigenvalue weighted by atomic mass is 127. The summed E-state index contributed by atoms with van der Waals surface area (Å²) in [6.07, 6.45) is 1.22. The molecule has 1 aromatic rings. The van der Waals surface area contributed by atoms with Crippen molar-refractivity contribution in [3.05, 3.63) is 39.8 Å². The van der Waals surface area contributed by atoms with E-state index in [0.717, 1.165) is 6.54 Å². The Balaban J connectivity index is 0.00000363. The Morgan fingerprint density at radius 2 is 1.75 bits per heavy atom. The summed E-state index contributed by atoms with van der Waals surface area (Å²) >= 11 is 0. The molecule has 0 amide bonds. The number of nitrogens with one attached hydrogen (secondary N) is 1. The van der Waals surface area contributed by atoms with Crippen molar-refractivity contribution in [2.45, 2.75) is 33.1 Å². The number of ketones is 3. The Morgan fingerprint density at radius 1 is 1.16 bits per heavy atom. The summed E-state index contributed by atoms with van der Waals surface area (Å²) in [4.78, 5) is 38.7. The van der Waals surface area contributed by atoms with Crippen LogP contribution in [-0.4, -0.2) is 66.3 Å². The minimum atomic E-state index is -1.49. The Labute approximate surface area is 204 Å². The summed E-state index contributed by atoms with van der Waals surface area (Å²) in [5.41, 5.74) is -1.02. The molecule has 1 aliphatic carbocycles. The number of hydrogen-bond acceptors (Lipinski definition) is 7. The molecular weight excluding hydrogens is 527 g/mol. The van der Waals surface area contributed by atoms with Gasteiger partial charge in [-0.05, 0) is 27.7 Å². The Bertz CT molecular complexity index is 1100. The molecule has 1 atom stereocenters. The van der Waals surface area contributed by atoms with Crippen molar-refractivity contribution < 1.29 is 57.8 Å². The third kappa shape index (κ3) is 3.92. The van der Waals surface area contributed by atoms with E-state index in [1.807, 2.05) is 21.1 Å². The van der Waals surface area contributed by atoms with Gasteiger partial charge in [0.1, 0.15) is 34.0 Å². The van der Waals surface area contributed by atoms with E-state index in [1.54, 1.807) is 13.8 Å². The van der Waals surface area contributed by atoms with Crippen LogP contribution in [-0.2, 0) is 15.0 Å². The van der Waals surface area contributed by atoms with Gasteiger partial charge in [-0.2, -0.15) is 0 Å². The predicted octanol–water partition coefficient (Wildman–Crippen LogP) is -1.13. The van der Waals surface area contributed by atoms with E-state index in [-0.39, 0.29) is 63.5 Å². The van der Waals surface area contributed by atoms with Crippen LogP contribution in [0.3, 0.4) is 0 Å². The monoisotopic (exact) mass is 556 g/mol. The van der Waals surface area contributed by atoms with E-state index >= 15 is 0 Å². The topological polar surface area (TPSA) is 113 Å². The number of likely N-dealkylation sites (N-methyl/N-ethyl adjacent to an activating group) is 1. The van der Waals surface area contributed by atoms with Gasteiger partial charge < -0.3 is 48.7 Å². The molecule has 0 unspecified atom stereocenters. The lowest BCUT2D eigenvalue weighted by molar-refractivity contribution is -0.869. The number of rotatable bonds is 5. The molecule has 8 nitrogen and oxygen atoms in total. The van der Waals surface area contributed by atoms with E-state index in [4.69, 9.17) is 4.74 Å². The van der Waals surface area contributed by atoms with Gasteiger partial charge in [-0.3, -0.25) is 14.4 Å². The first-order valence-corrected chi connectivity index (χ1v) is 10.1. The van der Waals surface area contributed by atoms with Crippen LogP contribution in [0.5, 0.6) is 17.2 Å². The number of carbonyl (C=O) groups excluding carboxylic acids is 3.